The summed E-state index contributed by atoms with van der Waals surface area (Å²) in [4.78, 5) is 2.65. The third kappa shape index (κ3) is 4.07. The lowest BCUT2D eigenvalue weighted by molar-refractivity contribution is 0.244. The summed E-state index contributed by atoms with van der Waals surface area (Å²) < 4.78 is 0. The highest BCUT2D eigenvalue weighted by Crippen LogP contribution is 2.29. The monoisotopic (exact) mass is 274 g/mol. The molecule has 0 bridgehead atoms. The summed E-state index contributed by atoms with van der Waals surface area (Å²) in [6, 6.07) is 8.19. The Hall–Kier alpha value is -0.860. The second-order valence-electron chi connectivity index (χ2n) is 6.19. The molecule has 1 aromatic rings. The average Bonchev–Trinajstić information content (AvgIpc) is 3.24. The molecule has 112 valence electrons. The maximum atomic E-state index is 3.75. The number of nitrogens with zero attached hydrogens (tertiary/aromatic N) is 1. The minimum Gasteiger partial charge on any atom is -0.309 e. The maximum absolute atomic E-state index is 3.75. The van der Waals surface area contributed by atoms with Gasteiger partial charge in [-0.15, -0.1) is 0 Å². The predicted molar refractivity (Wildman–Crippen MR) is 87.2 cm³/mol. The quantitative estimate of drug-likeness (QED) is 0.775. The predicted octanol–water partition coefficient (Wildman–Crippen LogP) is 3.83. The molecule has 0 radical (unpaired) electrons. The topological polar surface area (TPSA) is 15.3 Å². The fourth-order valence-electron chi connectivity index (χ4n) is 3.02. The molecule has 1 N–H and O–H groups in total. The summed E-state index contributed by atoms with van der Waals surface area (Å²) in [5.74, 6) is 0. The number of nitrogens with one attached hydrogen (secondary N) is 1. The molecule has 1 fully saturated rings. The van der Waals surface area contributed by atoms with Crippen LogP contribution >= 0.6 is 0 Å². The van der Waals surface area contributed by atoms with Crippen molar-refractivity contribution in [3.05, 3.63) is 34.9 Å². The molecule has 0 aromatic heterocycles. The van der Waals surface area contributed by atoms with Crippen LogP contribution in [0.25, 0.3) is 0 Å². The standard InChI is InChI=1S/C18H30N2/c1-5-11-19-18(13-20(6-2)16-8-9-16)17-10-7-14(3)12-15(17)4/h7,10,12,16,18-19H,5-6,8-9,11,13H2,1-4H3. The Kier molecular flexibility index (Phi) is 5.62. The minimum absolute atomic E-state index is 0.469. The van der Waals surface area contributed by atoms with Crippen LogP contribution in [0.2, 0.25) is 0 Å². The molecule has 0 amide bonds. The van der Waals surface area contributed by atoms with Gasteiger partial charge in [-0.3, -0.25) is 4.90 Å². The van der Waals surface area contributed by atoms with Crippen LogP contribution in [-0.4, -0.2) is 30.6 Å². The van der Waals surface area contributed by atoms with Crippen molar-refractivity contribution < 1.29 is 0 Å². The molecule has 2 heteroatoms. The Morgan fingerprint density at radius 2 is 2.00 bits per heavy atom. The molecule has 1 aliphatic rings. The van der Waals surface area contributed by atoms with Gasteiger partial charge in [0.15, 0.2) is 0 Å². The maximum Gasteiger partial charge on any atom is 0.0452 e. The molecule has 0 aliphatic heterocycles. The van der Waals surface area contributed by atoms with E-state index in [2.05, 4.69) is 56.1 Å². The van der Waals surface area contributed by atoms with Gasteiger partial charge in [0.25, 0.3) is 0 Å². The van der Waals surface area contributed by atoms with Crippen LogP contribution in [0.1, 0.15) is 55.8 Å². The molecule has 1 atom stereocenters. The second kappa shape index (κ2) is 7.24. The molecule has 2 nitrogen and oxygen atoms in total. The van der Waals surface area contributed by atoms with Crippen molar-refractivity contribution in [2.45, 2.75) is 59.0 Å². The van der Waals surface area contributed by atoms with Crippen molar-refractivity contribution in [3.8, 4) is 0 Å². The molecular formula is C18H30N2. The summed E-state index contributed by atoms with van der Waals surface area (Å²) in [6.45, 7) is 12.4. The van der Waals surface area contributed by atoms with Crippen LogP contribution in [0.5, 0.6) is 0 Å². The van der Waals surface area contributed by atoms with Crippen molar-refractivity contribution >= 4 is 0 Å². The number of hydrogen-bond donors (Lipinski definition) is 1. The van der Waals surface area contributed by atoms with E-state index in [0.717, 1.165) is 19.1 Å². The van der Waals surface area contributed by atoms with Gasteiger partial charge < -0.3 is 5.32 Å². The van der Waals surface area contributed by atoms with Gasteiger partial charge in [0.1, 0.15) is 0 Å². The summed E-state index contributed by atoms with van der Waals surface area (Å²) in [5.41, 5.74) is 4.25. The van der Waals surface area contributed by atoms with Crippen molar-refractivity contribution in [2.24, 2.45) is 0 Å². The highest BCUT2D eigenvalue weighted by Gasteiger charge is 2.29. The minimum atomic E-state index is 0.469. The Morgan fingerprint density at radius 3 is 2.55 bits per heavy atom. The number of rotatable bonds is 8. The van der Waals surface area contributed by atoms with E-state index in [1.54, 1.807) is 0 Å². The zero-order valence-corrected chi connectivity index (χ0v) is 13.6. The molecular weight excluding hydrogens is 244 g/mol. The fraction of sp³-hybridized carbons (Fsp3) is 0.667. The van der Waals surface area contributed by atoms with E-state index in [0.29, 0.717) is 6.04 Å². The SMILES string of the molecule is CCCNC(CN(CC)C1CC1)c1ccc(C)cc1C. The molecule has 1 unspecified atom stereocenters. The van der Waals surface area contributed by atoms with E-state index in [9.17, 15) is 0 Å². The van der Waals surface area contributed by atoms with Crippen LogP contribution in [0.15, 0.2) is 18.2 Å². The summed E-state index contributed by atoms with van der Waals surface area (Å²) in [5, 5.41) is 3.75. The molecule has 20 heavy (non-hydrogen) atoms. The van der Waals surface area contributed by atoms with Crippen LogP contribution in [-0.2, 0) is 0 Å². The first kappa shape index (κ1) is 15.5. The zero-order chi connectivity index (χ0) is 14.5. The van der Waals surface area contributed by atoms with Crippen LogP contribution in [0, 0.1) is 13.8 Å². The lowest BCUT2D eigenvalue weighted by Crippen LogP contribution is -2.37. The highest BCUT2D eigenvalue weighted by atomic mass is 15.2. The van der Waals surface area contributed by atoms with Crippen molar-refractivity contribution in [1.29, 1.82) is 0 Å². The average molecular weight is 274 g/mol. The van der Waals surface area contributed by atoms with Gasteiger partial charge in [-0.1, -0.05) is 37.6 Å². The first-order valence-electron chi connectivity index (χ1n) is 8.20. The molecule has 2 rings (SSSR count). The molecule has 1 aliphatic carbocycles. The summed E-state index contributed by atoms with van der Waals surface area (Å²) in [6.07, 6.45) is 3.97. The second-order valence-corrected chi connectivity index (χ2v) is 6.19. The van der Waals surface area contributed by atoms with Gasteiger partial charge in [0, 0.05) is 18.6 Å². The van der Waals surface area contributed by atoms with E-state index in [1.807, 2.05) is 0 Å². The Balaban J connectivity index is 2.12. The lowest BCUT2D eigenvalue weighted by atomic mass is 9.98. The van der Waals surface area contributed by atoms with Gasteiger partial charge >= 0.3 is 0 Å². The van der Waals surface area contributed by atoms with E-state index in [-0.39, 0.29) is 0 Å². The van der Waals surface area contributed by atoms with Gasteiger partial charge in [0.05, 0.1) is 0 Å². The van der Waals surface area contributed by atoms with Gasteiger partial charge in [-0.2, -0.15) is 0 Å². The fourth-order valence-corrected chi connectivity index (χ4v) is 3.02. The molecule has 0 spiro atoms. The van der Waals surface area contributed by atoms with Crippen molar-refractivity contribution in [1.82, 2.24) is 10.2 Å². The van der Waals surface area contributed by atoms with Crippen LogP contribution < -0.4 is 5.32 Å². The van der Waals surface area contributed by atoms with E-state index in [4.69, 9.17) is 0 Å². The molecule has 0 saturated heterocycles. The zero-order valence-electron chi connectivity index (χ0n) is 13.6. The number of aryl methyl sites for hydroxylation is 2. The van der Waals surface area contributed by atoms with E-state index >= 15 is 0 Å². The Bertz CT molecular complexity index is 423. The summed E-state index contributed by atoms with van der Waals surface area (Å²) in [7, 11) is 0. The third-order valence-corrected chi connectivity index (χ3v) is 4.33. The van der Waals surface area contributed by atoms with Crippen molar-refractivity contribution in [2.75, 3.05) is 19.6 Å². The highest BCUT2D eigenvalue weighted by molar-refractivity contribution is 5.33. The number of benzene rings is 1. The molecule has 1 aromatic carbocycles. The number of likely N-dealkylation sites (N-methyl/N-ethyl adjacent to an activating group) is 1. The number of hydrogen-bond acceptors (Lipinski definition) is 2. The summed E-state index contributed by atoms with van der Waals surface area (Å²) >= 11 is 0. The Morgan fingerprint density at radius 1 is 1.25 bits per heavy atom. The van der Waals surface area contributed by atoms with E-state index < -0.39 is 0 Å². The Labute approximate surface area is 124 Å². The first-order chi connectivity index (χ1) is 9.65. The molecule has 0 heterocycles. The third-order valence-electron chi connectivity index (χ3n) is 4.33. The normalized spacial score (nSPS) is 16.6. The van der Waals surface area contributed by atoms with Crippen molar-refractivity contribution in [3.63, 3.8) is 0 Å². The largest absolute Gasteiger partial charge is 0.309 e. The lowest BCUT2D eigenvalue weighted by Gasteiger charge is -2.28. The first-order valence-corrected chi connectivity index (χ1v) is 8.20. The smallest absolute Gasteiger partial charge is 0.0452 e. The van der Waals surface area contributed by atoms with E-state index in [1.165, 1.54) is 42.5 Å². The van der Waals surface area contributed by atoms with Crippen LogP contribution in [0.4, 0.5) is 0 Å². The van der Waals surface area contributed by atoms with Gasteiger partial charge in [-0.25, -0.2) is 0 Å². The molecule has 1 saturated carbocycles. The van der Waals surface area contributed by atoms with Gasteiger partial charge in [-0.05, 0) is 57.3 Å². The van der Waals surface area contributed by atoms with Gasteiger partial charge in [0.2, 0.25) is 0 Å². The van der Waals surface area contributed by atoms with Crippen LogP contribution in [0.3, 0.4) is 0 Å².